The predicted octanol–water partition coefficient (Wildman–Crippen LogP) is 2.96. The van der Waals surface area contributed by atoms with Crippen molar-refractivity contribution in [2.24, 2.45) is 5.84 Å². The van der Waals surface area contributed by atoms with Crippen molar-refractivity contribution in [1.82, 2.24) is 10.3 Å². The quantitative estimate of drug-likeness (QED) is 0.659. The van der Waals surface area contributed by atoms with Crippen LogP contribution in [0.25, 0.3) is 0 Å². The molecule has 1 saturated heterocycles. The van der Waals surface area contributed by atoms with E-state index in [9.17, 15) is 0 Å². The van der Waals surface area contributed by atoms with Crippen molar-refractivity contribution < 1.29 is 4.42 Å². The van der Waals surface area contributed by atoms with Crippen LogP contribution in [0.1, 0.15) is 50.3 Å². The monoisotopic (exact) mass is 327 g/mol. The summed E-state index contributed by atoms with van der Waals surface area (Å²) in [6.45, 7) is 2.38. The van der Waals surface area contributed by atoms with Crippen molar-refractivity contribution >= 4 is 15.9 Å². The fourth-order valence-electron chi connectivity index (χ4n) is 3.92. The van der Waals surface area contributed by atoms with Crippen molar-refractivity contribution in [2.45, 2.75) is 50.1 Å². The second-order valence-electron chi connectivity index (χ2n) is 5.74. The molecule has 0 aromatic carbocycles. The van der Waals surface area contributed by atoms with Crippen LogP contribution in [0.3, 0.4) is 0 Å². The highest BCUT2D eigenvalue weighted by atomic mass is 79.9. The number of furan rings is 1. The van der Waals surface area contributed by atoms with E-state index in [1.807, 2.05) is 6.07 Å². The van der Waals surface area contributed by atoms with Crippen LogP contribution in [0, 0.1) is 0 Å². The smallest absolute Gasteiger partial charge is 0.138 e. The number of nitrogens with two attached hydrogens (primary N) is 1. The van der Waals surface area contributed by atoms with Crippen LogP contribution in [0.4, 0.5) is 0 Å². The maximum Gasteiger partial charge on any atom is 0.138 e. The van der Waals surface area contributed by atoms with E-state index in [1.54, 1.807) is 6.26 Å². The summed E-state index contributed by atoms with van der Waals surface area (Å²) in [4.78, 5) is 2.64. The van der Waals surface area contributed by atoms with Crippen molar-refractivity contribution in [1.29, 1.82) is 0 Å². The van der Waals surface area contributed by atoms with Crippen molar-refractivity contribution in [3.63, 3.8) is 0 Å². The Morgan fingerprint density at radius 1 is 1.26 bits per heavy atom. The van der Waals surface area contributed by atoms with Crippen LogP contribution < -0.4 is 11.3 Å². The van der Waals surface area contributed by atoms with Crippen LogP contribution in [0.15, 0.2) is 21.2 Å². The van der Waals surface area contributed by atoms with Crippen LogP contribution >= 0.6 is 15.9 Å². The summed E-state index contributed by atoms with van der Waals surface area (Å²) in [7, 11) is 0. The van der Waals surface area contributed by atoms with E-state index in [0.29, 0.717) is 0 Å². The summed E-state index contributed by atoms with van der Waals surface area (Å²) in [6.07, 6.45) is 9.32. The zero-order valence-electron chi connectivity index (χ0n) is 11.2. The maximum absolute atomic E-state index is 5.91. The standard InChI is InChI=1S/C14H22BrN3O/c15-11-5-10-19-12(11)13(17-16)14(6-1-2-7-14)18-8-3-4-9-18/h5,10,13,17H,1-4,6-9,16H2. The molecule has 0 bridgehead atoms. The summed E-state index contributed by atoms with van der Waals surface area (Å²) in [5.74, 6) is 6.85. The van der Waals surface area contributed by atoms with Crippen LogP contribution in [-0.2, 0) is 0 Å². The van der Waals surface area contributed by atoms with Crippen molar-refractivity contribution in [3.8, 4) is 0 Å². The SMILES string of the molecule is NNC(c1occc1Br)C1(N2CCCC2)CCCC1. The number of hydrazine groups is 1. The van der Waals surface area contributed by atoms with Gasteiger partial charge in [0.25, 0.3) is 0 Å². The first-order valence-corrected chi connectivity index (χ1v) is 8.01. The van der Waals surface area contributed by atoms with E-state index in [1.165, 1.54) is 51.6 Å². The number of likely N-dealkylation sites (tertiary alicyclic amines) is 1. The van der Waals surface area contributed by atoms with Crippen LogP contribution in [0.2, 0.25) is 0 Å². The first-order valence-electron chi connectivity index (χ1n) is 7.22. The highest BCUT2D eigenvalue weighted by Crippen LogP contribution is 2.47. The van der Waals surface area contributed by atoms with Gasteiger partial charge in [-0.05, 0) is 60.8 Å². The first kappa shape index (κ1) is 13.6. The topological polar surface area (TPSA) is 54.4 Å². The van der Waals surface area contributed by atoms with Gasteiger partial charge in [-0.2, -0.15) is 0 Å². The second-order valence-corrected chi connectivity index (χ2v) is 6.59. The summed E-state index contributed by atoms with van der Waals surface area (Å²) in [5.41, 5.74) is 3.17. The fraction of sp³-hybridized carbons (Fsp3) is 0.714. The zero-order valence-corrected chi connectivity index (χ0v) is 12.8. The molecule has 0 radical (unpaired) electrons. The third-order valence-electron chi connectivity index (χ3n) is 4.82. The Morgan fingerprint density at radius 3 is 2.47 bits per heavy atom. The summed E-state index contributed by atoms with van der Waals surface area (Å²) < 4.78 is 6.71. The molecule has 2 heterocycles. The Balaban J connectivity index is 1.95. The van der Waals surface area contributed by atoms with Gasteiger partial charge in [-0.25, -0.2) is 5.43 Å². The molecule has 2 fully saturated rings. The maximum atomic E-state index is 5.91. The summed E-state index contributed by atoms with van der Waals surface area (Å²) in [5, 5.41) is 0. The fourth-order valence-corrected chi connectivity index (χ4v) is 4.35. The number of halogens is 1. The molecule has 19 heavy (non-hydrogen) atoms. The van der Waals surface area contributed by atoms with Gasteiger partial charge in [0.15, 0.2) is 0 Å². The van der Waals surface area contributed by atoms with Gasteiger partial charge in [0.1, 0.15) is 5.76 Å². The van der Waals surface area contributed by atoms with E-state index in [-0.39, 0.29) is 11.6 Å². The van der Waals surface area contributed by atoms with Crippen molar-refractivity contribution in [2.75, 3.05) is 13.1 Å². The number of hydrogen-bond donors (Lipinski definition) is 2. The summed E-state index contributed by atoms with van der Waals surface area (Å²) >= 11 is 3.58. The Labute approximate surface area is 122 Å². The Hall–Kier alpha value is -0.360. The number of hydrogen-bond acceptors (Lipinski definition) is 4. The van der Waals surface area contributed by atoms with Gasteiger partial charge in [0.05, 0.1) is 16.8 Å². The molecule has 4 nitrogen and oxygen atoms in total. The first-order chi connectivity index (χ1) is 9.28. The van der Waals surface area contributed by atoms with Gasteiger partial charge in [-0.15, -0.1) is 0 Å². The lowest BCUT2D eigenvalue weighted by Gasteiger charge is -2.44. The average Bonchev–Trinajstić information content (AvgIpc) is 3.12. The van der Waals surface area contributed by atoms with Gasteiger partial charge in [-0.1, -0.05) is 12.8 Å². The minimum absolute atomic E-state index is 0.0671. The molecular formula is C14H22BrN3O. The Morgan fingerprint density at radius 2 is 1.95 bits per heavy atom. The third kappa shape index (κ3) is 2.27. The number of nitrogens with one attached hydrogen (secondary N) is 1. The van der Waals surface area contributed by atoms with Gasteiger partial charge < -0.3 is 4.42 Å². The molecule has 3 rings (SSSR count). The summed E-state index contributed by atoms with van der Waals surface area (Å²) in [6, 6.07) is 2.02. The van der Waals surface area contributed by atoms with Gasteiger partial charge in [0, 0.05) is 5.54 Å². The van der Waals surface area contributed by atoms with Gasteiger partial charge >= 0.3 is 0 Å². The van der Waals surface area contributed by atoms with Gasteiger partial charge in [-0.3, -0.25) is 10.7 Å². The zero-order chi connectivity index (χ0) is 13.3. The minimum atomic E-state index is 0.0671. The third-order valence-corrected chi connectivity index (χ3v) is 5.47. The molecular weight excluding hydrogens is 306 g/mol. The van der Waals surface area contributed by atoms with Gasteiger partial charge in [0.2, 0.25) is 0 Å². The second kappa shape index (κ2) is 5.56. The Bertz CT molecular complexity index is 422. The predicted molar refractivity (Wildman–Crippen MR) is 78.5 cm³/mol. The van der Waals surface area contributed by atoms with Crippen molar-refractivity contribution in [3.05, 3.63) is 22.6 Å². The van der Waals surface area contributed by atoms with E-state index in [0.717, 1.165) is 10.2 Å². The van der Waals surface area contributed by atoms with E-state index >= 15 is 0 Å². The molecule has 106 valence electrons. The molecule has 5 heteroatoms. The molecule has 1 unspecified atom stereocenters. The minimum Gasteiger partial charge on any atom is -0.466 e. The molecule has 0 amide bonds. The molecule has 1 aromatic rings. The number of rotatable bonds is 4. The largest absolute Gasteiger partial charge is 0.466 e. The molecule has 1 aromatic heterocycles. The molecule has 1 atom stereocenters. The van der Waals surface area contributed by atoms with E-state index < -0.39 is 0 Å². The average molecular weight is 328 g/mol. The molecule has 1 aliphatic heterocycles. The molecule has 3 N–H and O–H groups in total. The van der Waals surface area contributed by atoms with E-state index in [2.05, 4.69) is 26.3 Å². The lowest BCUT2D eigenvalue weighted by atomic mass is 9.85. The normalized spacial score (nSPS) is 24.9. The van der Waals surface area contributed by atoms with E-state index in [4.69, 9.17) is 10.3 Å². The molecule has 1 saturated carbocycles. The molecule has 0 spiro atoms. The highest BCUT2D eigenvalue weighted by Gasteiger charge is 2.48. The molecule has 2 aliphatic rings. The number of nitrogens with zero attached hydrogens (tertiary/aromatic N) is 1. The lowest BCUT2D eigenvalue weighted by Crippen LogP contribution is -2.55. The van der Waals surface area contributed by atoms with Crippen LogP contribution in [-0.4, -0.2) is 23.5 Å². The highest BCUT2D eigenvalue weighted by molar-refractivity contribution is 9.10. The lowest BCUT2D eigenvalue weighted by molar-refractivity contribution is 0.0668. The molecule has 1 aliphatic carbocycles. The Kier molecular flexibility index (Phi) is 3.98. The van der Waals surface area contributed by atoms with Crippen LogP contribution in [0.5, 0.6) is 0 Å².